The molecular weight excluding hydrogens is 291 g/mol. The molecule has 2 rings (SSSR count). The van der Waals surface area contributed by atoms with Gasteiger partial charge >= 0.3 is 6.18 Å². The van der Waals surface area contributed by atoms with E-state index in [1.54, 1.807) is 6.07 Å². The van der Waals surface area contributed by atoms with Gasteiger partial charge in [0, 0.05) is 6.54 Å². The minimum absolute atomic E-state index is 0.0755. The highest BCUT2D eigenvalue weighted by Gasteiger charge is 2.45. The second kappa shape index (κ2) is 6.59. The fourth-order valence-electron chi connectivity index (χ4n) is 2.98. The topological polar surface area (TPSA) is 23.5 Å². The third-order valence-corrected chi connectivity index (χ3v) is 4.65. The summed E-state index contributed by atoms with van der Waals surface area (Å²) in [4.78, 5) is 2.18. The maximum absolute atomic E-state index is 12.9. The summed E-state index contributed by atoms with van der Waals surface area (Å²) in [7, 11) is 0. The van der Waals surface area contributed by atoms with Gasteiger partial charge in [-0.2, -0.15) is 13.2 Å². The van der Waals surface area contributed by atoms with Gasteiger partial charge in [-0.05, 0) is 56.0 Å². The second-order valence-corrected chi connectivity index (χ2v) is 6.05. The van der Waals surface area contributed by atoms with Crippen LogP contribution in [0, 0.1) is 5.92 Å². The molecule has 1 N–H and O–H groups in total. The predicted octanol–water partition coefficient (Wildman–Crippen LogP) is 4.03. The van der Waals surface area contributed by atoms with Crippen LogP contribution in [0.3, 0.4) is 0 Å². The number of benzene rings is 1. The SMILES string of the molecule is CCN(CC)CCC(O)(c1cccc(C(F)(F)F)c1)C1CC1. The van der Waals surface area contributed by atoms with Gasteiger partial charge in [-0.3, -0.25) is 0 Å². The number of rotatable bonds is 7. The fraction of sp³-hybridized carbons (Fsp3) is 0.647. The monoisotopic (exact) mass is 315 g/mol. The third-order valence-electron chi connectivity index (χ3n) is 4.65. The van der Waals surface area contributed by atoms with Crippen molar-refractivity contribution in [1.82, 2.24) is 4.90 Å². The average Bonchev–Trinajstić information content (AvgIpc) is 3.32. The fourth-order valence-corrected chi connectivity index (χ4v) is 2.98. The largest absolute Gasteiger partial charge is 0.416 e. The van der Waals surface area contributed by atoms with Crippen molar-refractivity contribution >= 4 is 0 Å². The van der Waals surface area contributed by atoms with Crippen LogP contribution in [0.2, 0.25) is 0 Å². The summed E-state index contributed by atoms with van der Waals surface area (Å²) in [5.41, 5.74) is -1.44. The lowest BCUT2D eigenvalue weighted by molar-refractivity contribution is -0.137. The van der Waals surface area contributed by atoms with E-state index >= 15 is 0 Å². The molecule has 1 unspecified atom stereocenters. The van der Waals surface area contributed by atoms with Gasteiger partial charge in [0.15, 0.2) is 0 Å². The van der Waals surface area contributed by atoms with Crippen molar-refractivity contribution in [3.05, 3.63) is 35.4 Å². The van der Waals surface area contributed by atoms with Crippen LogP contribution in [0.5, 0.6) is 0 Å². The molecular formula is C17H24F3NO. The second-order valence-electron chi connectivity index (χ2n) is 6.05. The van der Waals surface area contributed by atoms with Gasteiger partial charge in [-0.15, -0.1) is 0 Å². The summed E-state index contributed by atoms with van der Waals surface area (Å²) in [5, 5.41) is 11.1. The first-order valence-electron chi connectivity index (χ1n) is 7.93. The molecule has 22 heavy (non-hydrogen) atoms. The van der Waals surface area contributed by atoms with Crippen molar-refractivity contribution in [3.8, 4) is 0 Å². The number of alkyl halides is 3. The normalized spacial score (nSPS) is 18.5. The van der Waals surface area contributed by atoms with Gasteiger partial charge in [-0.1, -0.05) is 26.0 Å². The van der Waals surface area contributed by atoms with Gasteiger partial charge in [0.1, 0.15) is 0 Å². The average molecular weight is 315 g/mol. The summed E-state index contributed by atoms with van der Waals surface area (Å²) in [6, 6.07) is 5.18. The molecule has 1 aliphatic carbocycles. The molecule has 0 aromatic heterocycles. The van der Waals surface area contributed by atoms with E-state index < -0.39 is 17.3 Å². The van der Waals surface area contributed by atoms with Crippen molar-refractivity contribution in [2.45, 2.75) is 44.9 Å². The summed E-state index contributed by atoms with van der Waals surface area (Å²) in [6.07, 6.45) is -2.14. The van der Waals surface area contributed by atoms with Crippen LogP contribution in [0.4, 0.5) is 13.2 Å². The molecule has 2 nitrogen and oxygen atoms in total. The Balaban J connectivity index is 2.24. The highest BCUT2D eigenvalue weighted by Crippen LogP contribution is 2.48. The van der Waals surface area contributed by atoms with Gasteiger partial charge in [0.2, 0.25) is 0 Å². The van der Waals surface area contributed by atoms with Crippen LogP contribution in [0.15, 0.2) is 24.3 Å². The summed E-state index contributed by atoms with van der Waals surface area (Å²) in [5.74, 6) is 0.0755. The van der Waals surface area contributed by atoms with E-state index in [1.807, 2.05) is 13.8 Å². The minimum Gasteiger partial charge on any atom is -0.385 e. The maximum Gasteiger partial charge on any atom is 0.416 e. The zero-order valence-electron chi connectivity index (χ0n) is 13.2. The zero-order chi connectivity index (χ0) is 16.4. The molecule has 0 heterocycles. The van der Waals surface area contributed by atoms with Crippen LogP contribution in [0.1, 0.15) is 44.2 Å². The van der Waals surface area contributed by atoms with Crippen LogP contribution >= 0.6 is 0 Å². The lowest BCUT2D eigenvalue weighted by Gasteiger charge is -2.32. The Hall–Kier alpha value is -1.07. The van der Waals surface area contributed by atoms with Gasteiger partial charge in [-0.25, -0.2) is 0 Å². The lowest BCUT2D eigenvalue weighted by atomic mass is 9.84. The molecule has 0 saturated heterocycles. The maximum atomic E-state index is 12.9. The Labute approximate surface area is 129 Å². The molecule has 0 spiro atoms. The van der Waals surface area contributed by atoms with E-state index in [9.17, 15) is 18.3 Å². The first-order chi connectivity index (χ1) is 10.3. The molecule has 0 amide bonds. The molecule has 0 aliphatic heterocycles. The van der Waals surface area contributed by atoms with Crippen molar-refractivity contribution in [2.24, 2.45) is 5.92 Å². The van der Waals surface area contributed by atoms with E-state index in [0.717, 1.165) is 38.1 Å². The first-order valence-corrected chi connectivity index (χ1v) is 7.93. The van der Waals surface area contributed by atoms with E-state index in [1.165, 1.54) is 6.07 Å². The Kier molecular flexibility index (Phi) is 5.17. The third kappa shape index (κ3) is 3.82. The van der Waals surface area contributed by atoms with E-state index in [4.69, 9.17) is 0 Å². The number of aliphatic hydroxyl groups is 1. The van der Waals surface area contributed by atoms with Crippen molar-refractivity contribution in [1.29, 1.82) is 0 Å². The van der Waals surface area contributed by atoms with Gasteiger partial charge in [0.05, 0.1) is 11.2 Å². The molecule has 1 aliphatic rings. The van der Waals surface area contributed by atoms with E-state index in [2.05, 4.69) is 4.90 Å². The van der Waals surface area contributed by atoms with Gasteiger partial charge < -0.3 is 10.0 Å². The predicted molar refractivity (Wildman–Crippen MR) is 80.5 cm³/mol. The Bertz CT molecular complexity index is 495. The molecule has 0 bridgehead atoms. The molecule has 1 atom stereocenters. The summed E-state index contributed by atoms with van der Waals surface area (Å²) in [6.45, 7) is 6.53. The quantitative estimate of drug-likeness (QED) is 0.821. The van der Waals surface area contributed by atoms with Crippen LogP contribution < -0.4 is 0 Å². The van der Waals surface area contributed by atoms with Crippen molar-refractivity contribution < 1.29 is 18.3 Å². The number of hydrogen-bond donors (Lipinski definition) is 1. The number of nitrogens with zero attached hydrogens (tertiary/aromatic N) is 1. The molecule has 1 aromatic carbocycles. The molecule has 1 aromatic rings. The van der Waals surface area contributed by atoms with Gasteiger partial charge in [0.25, 0.3) is 0 Å². The van der Waals surface area contributed by atoms with E-state index in [0.29, 0.717) is 18.5 Å². The molecule has 1 saturated carbocycles. The smallest absolute Gasteiger partial charge is 0.385 e. The number of hydrogen-bond acceptors (Lipinski definition) is 2. The molecule has 0 radical (unpaired) electrons. The van der Waals surface area contributed by atoms with Crippen LogP contribution in [0.25, 0.3) is 0 Å². The lowest BCUT2D eigenvalue weighted by Crippen LogP contribution is -2.35. The summed E-state index contributed by atoms with van der Waals surface area (Å²) >= 11 is 0. The first kappa shape index (κ1) is 17.3. The highest BCUT2D eigenvalue weighted by atomic mass is 19.4. The van der Waals surface area contributed by atoms with E-state index in [-0.39, 0.29) is 5.92 Å². The van der Waals surface area contributed by atoms with Crippen molar-refractivity contribution in [3.63, 3.8) is 0 Å². The summed E-state index contributed by atoms with van der Waals surface area (Å²) < 4.78 is 38.7. The van der Waals surface area contributed by atoms with Crippen LogP contribution in [-0.4, -0.2) is 29.6 Å². The standard InChI is InChI=1S/C17H24F3NO/c1-3-21(4-2)11-10-16(22,13-8-9-13)14-6-5-7-15(12-14)17(18,19)20/h5-7,12-13,22H,3-4,8-11H2,1-2H3. The zero-order valence-corrected chi connectivity index (χ0v) is 13.2. The van der Waals surface area contributed by atoms with Crippen molar-refractivity contribution in [2.75, 3.05) is 19.6 Å². The Morgan fingerprint density at radius 3 is 2.23 bits per heavy atom. The highest BCUT2D eigenvalue weighted by molar-refractivity contribution is 5.31. The molecule has 1 fully saturated rings. The Morgan fingerprint density at radius 2 is 1.73 bits per heavy atom. The van der Waals surface area contributed by atoms with Crippen LogP contribution in [-0.2, 0) is 11.8 Å². The molecule has 5 heteroatoms. The number of halogens is 3. The Morgan fingerprint density at radius 1 is 1.14 bits per heavy atom. The molecule has 124 valence electrons. The minimum atomic E-state index is -4.38.